The molecule has 0 unspecified atom stereocenters. The number of ether oxygens (including phenoxy) is 1. The van der Waals surface area contributed by atoms with Crippen molar-refractivity contribution >= 4 is 45.8 Å². The highest BCUT2D eigenvalue weighted by Gasteiger charge is 2.55. The van der Waals surface area contributed by atoms with E-state index in [9.17, 15) is 4.79 Å². The summed E-state index contributed by atoms with van der Waals surface area (Å²) in [4.78, 5) is 19.0. The van der Waals surface area contributed by atoms with E-state index in [1.165, 1.54) is 6.08 Å². The van der Waals surface area contributed by atoms with E-state index >= 15 is 0 Å². The molecule has 9 nitrogen and oxygen atoms in total. The van der Waals surface area contributed by atoms with Crippen LogP contribution in [0.4, 0.5) is 5.82 Å². The Balaban J connectivity index is 1.30. The van der Waals surface area contributed by atoms with Gasteiger partial charge in [-0.1, -0.05) is 29.8 Å². The van der Waals surface area contributed by atoms with Crippen molar-refractivity contribution in [2.75, 3.05) is 44.3 Å². The number of amides is 1. The van der Waals surface area contributed by atoms with E-state index in [1.807, 2.05) is 17.2 Å². The van der Waals surface area contributed by atoms with Crippen LogP contribution in [0.25, 0.3) is 22.0 Å². The Bertz CT molecular complexity index is 1540. The number of piperazine rings is 1. The van der Waals surface area contributed by atoms with Crippen LogP contribution in [0.1, 0.15) is 45.3 Å². The number of nitrogens with one attached hydrogen (secondary N) is 1. The molecule has 5 heterocycles. The van der Waals surface area contributed by atoms with Gasteiger partial charge in [-0.25, -0.2) is 0 Å². The van der Waals surface area contributed by atoms with Crippen LogP contribution in [0.3, 0.4) is 0 Å². The van der Waals surface area contributed by atoms with Gasteiger partial charge in [0.05, 0.1) is 47.1 Å². The number of hydrogen-bond donors (Lipinski definition) is 1. The quantitative estimate of drug-likeness (QED) is 0.413. The number of aromatic amines is 1. The molecule has 218 valence electrons. The van der Waals surface area contributed by atoms with Crippen molar-refractivity contribution in [2.45, 2.75) is 64.2 Å². The fourth-order valence-corrected chi connectivity index (χ4v) is 8.07. The van der Waals surface area contributed by atoms with Crippen LogP contribution in [0.5, 0.6) is 0 Å². The lowest BCUT2D eigenvalue weighted by Gasteiger charge is -2.58. The van der Waals surface area contributed by atoms with Crippen LogP contribution >= 0.6 is 23.2 Å². The number of halogens is 2. The van der Waals surface area contributed by atoms with Gasteiger partial charge in [-0.3, -0.25) is 19.5 Å². The van der Waals surface area contributed by atoms with E-state index < -0.39 is 0 Å². The molecule has 1 amide bonds. The summed E-state index contributed by atoms with van der Waals surface area (Å²) in [5.41, 5.74) is 3.81. The van der Waals surface area contributed by atoms with Gasteiger partial charge in [0.2, 0.25) is 5.91 Å². The number of anilines is 1. The van der Waals surface area contributed by atoms with Crippen molar-refractivity contribution in [3.63, 3.8) is 0 Å². The van der Waals surface area contributed by atoms with Crippen molar-refractivity contribution < 1.29 is 9.53 Å². The van der Waals surface area contributed by atoms with E-state index in [-0.39, 0.29) is 22.9 Å². The third-order valence-corrected chi connectivity index (χ3v) is 10.7. The molecule has 2 aromatic heterocycles. The highest BCUT2D eigenvalue weighted by atomic mass is 35.5. The molecule has 1 aliphatic carbocycles. The molecule has 1 N–H and O–H groups in total. The number of likely N-dealkylation sites (tertiary alicyclic amines) is 1. The summed E-state index contributed by atoms with van der Waals surface area (Å²) in [5.74, 6) is 0.955. The number of aromatic nitrogens is 4. The van der Waals surface area contributed by atoms with E-state index in [2.05, 4.69) is 59.0 Å². The molecular weight excluding hydrogens is 561 g/mol. The Labute approximate surface area is 250 Å². The summed E-state index contributed by atoms with van der Waals surface area (Å²) in [6, 6.07) is 2.91. The molecule has 1 saturated carbocycles. The monoisotopic (exact) mass is 597 g/mol. The van der Waals surface area contributed by atoms with E-state index in [0.29, 0.717) is 22.1 Å². The molecule has 41 heavy (non-hydrogen) atoms. The summed E-state index contributed by atoms with van der Waals surface area (Å²) in [6.07, 6.45) is 5.22. The van der Waals surface area contributed by atoms with E-state index in [4.69, 9.17) is 33.0 Å². The van der Waals surface area contributed by atoms with Gasteiger partial charge in [-0.05, 0) is 52.7 Å². The van der Waals surface area contributed by atoms with Gasteiger partial charge in [0.25, 0.3) is 0 Å². The normalized spacial score (nSPS) is 24.4. The number of H-pyrrole nitrogens is 1. The summed E-state index contributed by atoms with van der Waals surface area (Å²) < 4.78 is 7.75. The summed E-state index contributed by atoms with van der Waals surface area (Å²) in [5, 5.41) is 14.7. The van der Waals surface area contributed by atoms with Crippen molar-refractivity contribution in [3.8, 4) is 11.1 Å². The third kappa shape index (κ3) is 4.14. The second-order valence-corrected chi connectivity index (χ2v) is 14.0. The molecule has 0 radical (unpaired) electrons. The van der Waals surface area contributed by atoms with Gasteiger partial charge < -0.3 is 14.5 Å². The maximum absolute atomic E-state index is 12.1. The first-order chi connectivity index (χ1) is 19.5. The zero-order valence-corrected chi connectivity index (χ0v) is 25.6. The molecule has 3 aliphatic heterocycles. The summed E-state index contributed by atoms with van der Waals surface area (Å²) >= 11 is 13.7. The number of nitrogens with zero attached hydrogens (tertiary/aromatic N) is 6. The average Bonchev–Trinajstić information content (AvgIpc) is 3.43. The first-order valence-corrected chi connectivity index (χ1v) is 15.2. The topological polar surface area (TPSA) is 82.5 Å². The van der Waals surface area contributed by atoms with Gasteiger partial charge in [0.1, 0.15) is 0 Å². The van der Waals surface area contributed by atoms with Crippen LogP contribution in [-0.2, 0) is 9.53 Å². The SMILES string of the molecule is C=CC(=O)N1CC2(CC(n3nc(N4C[C@H](C)N(C5COC5)CC4(C)C)c(-c4c(Cl)c(Cl)cc5[nH]ncc45)c3C)C2)C1. The van der Waals surface area contributed by atoms with Crippen molar-refractivity contribution in [2.24, 2.45) is 5.41 Å². The van der Waals surface area contributed by atoms with Gasteiger partial charge in [-0.15, -0.1) is 0 Å². The number of rotatable bonds is 5. The first kappa shape index (κ1) is 27.3. The maximum Gasteiger partial charge on any atom is 0.245 e. The van der Waals surface area contributed by atoms with Gasteiger partial charge >= 0.3 is 0 Å². The predicted molar refractivity (Wildman–Crippen MR) is 162 cm³/mol. The lowest BCUT2D eigenvalue weighted by molar-refractivity contribution is -0.149. The molecule has 0 bridgehead atoms. The van der Waals surface area contributed by atoms with Crippen LogP contribution in [0.15, 0.2) is 24.9 Å². The largest absolute Gasteiger partial charge is 0.378 e. The molecule has 4 aliphatic rings. The Morgan fingerprint density at radius 2 is 1.90 bits per heavy atom. The Kier molecular flexibility index (Phi) is 6.29. The molecular formula is C30H37Cl2N7O2. The molecule has 1 atom stereocenters. The maximum atomic E-state index is 12.1. The molecule has 7 rings (SSSR count). The van der Waals surface area contributed by atoms with Crippen LogP contribution in [0.2, 0.25) is 10.0 Å². The standard InChI is InChI=1S/C30H37Cl2N7O2/c1-6-24(40)36-15-30(16-36)8-19(9-30)39-18(3)25(26-21-10-33-34-23(21)7-22(31)27(26)32)28(35-39)38-11-17(2)37(14-29(38,4)5)20-12-41-13-20/h6-7,10,17,19-20H,1,8-9,11-16H2,2-5H3,(H,33,34)/t17-/m0/s1. The predicted octanol–water partition coefficient (Wildman–Crippen LogP) is 5.08. The number of fused-ring (bicyclic) bond motifs is 1. The van der Waals surface area contributed by atoms with Crippen molar-refractivity contribution in [1.29, 1.82) is 0 Å². The molecule has 1 aromatic carbocycles. The van der Waals surface area contributed by atoms with Crippen LogP contribution < -0.4 is 4.90 Å². The molecule has 1 spiro atoms. The fourth-order valence-electron chi connectivity index (χ4n) is 7.62. The van der Waals surface area contributed by atoms with E-state index in [1.54, 1.807) is 0 Å². The second kappa shape index (κ2) is 9.46. The highest BCUT2D eigenvalue weighted by Crippen LogP contribution is 2.56. The second-order valence-electron chi connectivity index (χ2n) is 13.2. The van der Waals surface area contributed by atoms with Crippen molar-refractivity contribution in [3.05, 3.63) is 40.7 Å². The number of carbonyl (C=O) groups excluding carboxylic acids is 1. The molecule has 3 saturated heterocycles. The minimum atomic E-state index is -0.177. The summed E-state index contributed by atoms with van der Waals surface area (Å²) in [7, 11) is 0. The van der Waals surface area contributed by atoms with Gasteiger partial charge in [0.15, 0.2) is 5.82 Å². The van der Waals surface area contributed by atoms with Crippen LogP contribution in [0, 0.1) is 12.3 Å². The minimum Gasteiger partial charge on any atom is -0.378 e. The van der Waals surface area contributed by atoms with E-state index in [0.717, 1.165) is 85.8 Å². The number of carbonyl (C=O) groups is 1. The lowest BCUT2D eigenvalue weighted by Crippen LogP contribution is -2.67. The molecule has 11 heteroatoms. The summed E-state index contributed by atoms with van der Waals surface area (Å²) in [6.45, 7) is 17.6. The molecule has 4 fully saturated rings. The van der Waals surface area contributed by atoms with Gasteiger partial charge in [-0.2, -0.15) is 10.2 Å². The lowest BCUT2D eigenvalue weighted by atomic mass is 9.60. The zero-order chi connectivity index (χ0) is 28.8. The smallest absolute Gasteiger partial charge is 0.245 e. The fraction of sp³-hybridized carbons (Fsp3) is 0.567. The minimum absolute atomic E-state index is 0.0163. The van der Waals surface area contributed by atoms with Crippen LogP contribution in [-0.4, -0.2) is 92.7 Å². The first-order valence-electron chi connectivity index (χ1n) is 14.4. The average molecular weight is 599 g/mol. The highest BCUT2D eigenvalue weighted by molar-refractivity contribution is 6.45. The number of hydrogen-bond acceptors (Lipinski definition) is 6. The third-order valence-electron chi connectivity index (χ3n) is 9.90. The Morgan fingerprint density at radius 1 is 1.17 bits per heavy atom. The van der Waals surface area contributed by atoms with Crippen molar-refractivity contribution in [1.82, 2.24) is 29.8 Å². The number of benzene rings is 1. The Morgan fingerprint density at radius 3 is 2.56 bits per heavy atom. The Hall–Kier alpha value is -2.59. The molecule has 3 aromatic rings. The zero-order valence-electron chi connectivity index (χ0n) is 24.1. The van der Waals surface area contributed by atoms with Gasteiger partial charge in [0, 0.05) is 65.4 Å².